The molecule has 1 fully saturated rings. The Hall–Kier alpha value is -2.38. The SMILES string of the molecule is Cc1ccc(C)c(C(=O)CCC(=O)N2C[C@@H](C(F)(F)F)[C@H](C(=O)O)C2)c1. The molecule has 26 heavy (non-hydrogen) atoms. The maximum atomic E-state index is 13.0. The lowest BCUT2D eigenvalue weighted by Crippen LogP contribution is -2.34. The number of carbonyl (C=O) groups excluding carboxylic acids is 2. The third kappa shape index (κ3) is 4.42. The van der Waals surface area contributed by atoms with Gasteiger partial charge in [0.05, 0.1) is 11.8 Å². The van der Waals surface area contributed by atoms with Crippen molar-refractivity contribution in [1.29, 1.82) is 0 Å². The average Bonchev–Trinajstić information content (AvgIpc) is 3.00. The molecule has 1 heterocycles. The second-order valence-electron chi connectivity index (χ2n) is 6.63. The number of ketones is 1. The van der Waals surface area contributed by atoms with Crippen molar-refractivity contribution >= 4 is 17.7 Å². The van der Waals surface area contributed by atoms with E-state index in [0.717, 1.165) is 16.0 Å². The Labute approximate surface area is 148 Å². The van der Waals surface area contributed by atoms with Gasteiger partial charge in [0.25, 0.3) is 0 Å². The van der Waals surface area contributed by atoms with Gasteiger partial charge in [0.15, 0.2) is 5.78 Å². The number of aryl methyl sites for hydroxylation is 2. The van der Waals surface area contributed by atoms with E-state index < -0.39 is 43.0 Å². The minimum atomic E-state index is -4.69. The van der Waals surface area contributed by atoms with Crippen LogP contribution in [0.4, 0.5) is 13.2 Å². The Morgan fingerprint density at radius 3 is 2.35 bits per heavy atom. The van der Waals surface area contributed by atoms with E-state index in [4.69, 9.17) is 5.11 Å². The maximum Gasteiger partial charge on any atom is 0.394 e. The smallest absolute Gasteiger partial charge is 0.394 e. The molecular formula is C18H20F3NO4. The maximum absolute atomic E-state index is 13.0. The van der Waals surface area contributed by atoms with E-state index in [1.165, 1.54) is 0 Å². The van der Waals surface area contributed by atoms with Gasteiger partial charge in [0.1, 0.15) is 0 Å². The Bertz CT molecular complexity index is 730. The molecule has 142 valence electrons. The summed E-state index contributed by atoms with van der Waals surface area (Å²) in [5.41, 5.74) is 2.13. The van der Waals surface area contributed by atoms with Crippen LogP contribution in [0.1, 0.15) is 34.3 Å². The van der Waals surface area contributed by atoms with Gasteiger partial charge in [-0.05, 0) is 25.5 Å². The molecule has 0 bridgehead atoms. The number of rotatable bonds is 5. The summed E-state index contributed by atoms with van der Waals surface area (Å²) in [6, 6.07) is 5.35. The summed E-state index contributed by atoms with van der Waals surface area (Å²) in [6.07, 6.45) is -5.07. The van der Waals surface area contributed by atoms with Crippen molar-refractivity contribution in [2.24, 2.45) is 11.8 Å². The van der Waals surface area contributed by atoms with E-state index in [1.807, 2.05) is 13.0 Å². The highest BCUT2D eigenvalue weighted by molar-refractivity contribution is 5.99. The van der Waals surface area contributed by atoms with Crippen molar-refractivity contribution in [3.8, 4) is 0 Å². The van der Waals surface area contributed by atoms with Gasteiger partial charge >= 0.3 is 12.1 Å². The second kappa shape index (κ2) is 7.47. The third-order valence-electron chi connectivity index (χ3n) is 4.67. The van der Waals surface area contributed by atoms with E-state index in [2.05, 4.69) is 0 Å². The Balaban J connectivity index is 2.01. The summed E-state index contributed by atoms with van der Waals surface area (Å²) in [5.74, 6) is -6.23. The zero-order chi connectivity index (χ0) is 19.6. The van der Waals surface area contributed by atoms with Crippen molar-refractivity contribution in [2.75, 3.05) is 13.1 Å². The van der Waals surface area contributed by atoms with Crippen molar-refractivity contribution in [3.05, 3.63) is 34.9 Å². The third-order valence-corrected chi connectivity index (χ3v) is 4.67. The van der Waals surface area contributed by atoms with E-state index >= 15 is 0 Å². The molecule has 2 atom stereocenters. The molecule has 0 radical (unpaired) electrons. The second-order valence-corrected chi connectivity index (χ2v) is 6.63. The summed E-state index contributed by atoms with van der Waals surface area (Å²) in [5, 5.41) is 8.98. The van der Waals surface area contributed by atoms with Crippen molar-refractivity contribution in [2.45, 2.75) is 32.9 Å². The fourth-order valence-corrected chi connectivity index (χ4v) is 3.14. The molecule has 0 unspecified atom stereocenters. The zero-order valence-corrected chi connectivity index (χ0v) is 14.5. The molecule has 0 aliphatic carbocycles. The molecule has 1 aromatic rings. The molecule has 2 rings (SSSR count). The largest absolute Gasteiger partial charge is 0.481 e. The van der Waals surface area contributed by atoms with Gasteiger partial charge in [-0.25, -0.2) is 0 Å². The zero-order valence-electron chi connectivity index (χ0n) is 14.5. The number of nitrogens with zero attached hydrogens (tertiary/aromatic N) is 1. The molecule has 1 aliphatic heterocycles. The summed E-state index contributed by atoms with van der Waals surface area (Å²) in [4.78, 5) is 36.4. The lowest BCUT2D eigenvalue weighted by Gasteiger charge is -2.18. The number of Topliss-reactive ketones (excluding diaryl/α,β-unsaturated/α-hetero) is 1. The van der Waals surface area contributed by atoms with E-state index in [9.17, 15) is 27.6 Å². The van der Waals surface area contributed by atoms with Crippen molar-refractivity contribution < 1.29 is 32.7 Å². The molecule has 1 aromatic carbocycles. The number of likely N-dealkylation sites (tertiary alicyclic amines) is 1. The van der Waals surface area contributed by atoms with E-state index in [1.54, 1.807) is 19.1 Å². The normalized spacial score (nSPS) is 20.3. The van der Waals surface area contributed by atoms with Crippen molar-refractivity contribution in [3.63, 3.8) is 0 Å². The molecule has 5 nitrogen and oxygen atoms in total. The lowest BCUT2D eigenvalue weighted by atomic mass is 9.96. The van der Waals surface area contributed by atoms with Crippen LogP contribution in [0.15, 0.2) is 18.2 Å². The van der Waals surface area contributed by atoms with Crippen LogP contribution in [-0.4, -0.2) is 46.9 Å². The van der Waals surface area contributed by atoms with Crippen LogP contribution in [0.2, 0.25) is 0 Å². The van der Waals surface area contributed by atoms with Gasteiger partial charge in [-0.15, -0.1) is 0 Å². The number of alkyl halides is 3. The first kappa shape index (κ1) is 19.9. The Kier molecular flexibility index (Phi) is 5.73. The van der Waals surface area contributed by atoms with Gasteiger partial charge in [-0.1, -0.05) is 17.7 Å². The number of carboxylic acids is 1. The standard InChI is InChI=1S/C18H20F3NO4/c1-10-3-4-11(2)12(7-10)15(23)5-6-16(24)22-8-13(17(25)26)14(9-22)18(19,20)21/h3-4,7,13-14H,5-6,8-9H2,1-2H3,(H,25,26)/t13-,14-/m1/s1. The number of hydrogen-bond acceptors (Lipinski definition) is 3. The molecule has 0 aromatic heterocycles. The van der Waals surface area contributed by atoms with Gasteiger partial charge < -0.3 is 10.0 Å². The predicted octanol–water partition coefficient (Wildman–Crippen LogP) is 2.99. The molecule has 8 heteroatoms. The van der Waals surface area contributed by atoms with Gasteiger partial charge in [0.2, 0.25) is 5.91 Å². The number of carbonyl (C=O) groups is 3. The van der Waals surface area contributed by atoms with Crippen LogP contribution < -0.4 is 0 Å². The lowest BCUT2D eigenvalue weighted by molar-refractivity contribution is -0.188. The Morgan fingerprint density at radius 1 is 1.15 bits per heavy atom. The highest BCUT2D eigenvalue weighted by Gasteiger charge is 2.53. The highest BCUT2D eigenvalue weighted by Crippen LogP contribution is 2.38. The molecule has 0 spiro atoms. The molecule has 1 amide bonds. The fourth-order valence-electron chi connectivity index (χ4n) is 3.14. The van der Waals surface area contributed by atoms with Crippen LogP contribution in [-0.2, 0) is 9.59 Å². The number of carboxylic acid groups (broad SMARTS) is 1. The average molecular weight is 371 g/mol. The van der Waals surface area contributed by atoms with Crippen LogP contribution in [0.5, 0.6) is 0 Å². The quantitative estimate of drug-likeness (QED) is 0.808. The first-order chi connectivity index (χ1) is 12.0. The summed E-state index contributed by atoms with van der Waals surface area (Å²) in [6.45, 7) is 2.42. The molecule has 0 saturated carbocycles. The first-order valence-corrected chi connectivity index (χ1v) is 8.18. The number of amides is 1. The number of halogens is 3. The first-order valence-electron chi connectivity index (χ1n) is 8.18. The van der Waals surface area contributed by atoms with Crippen LogP contribution in [0.3, 0.4) is 0 Å². The van der Waals surface area contributed by atoms with Crippen LogP contribution in [0, 0.1) is 25.7 Å². The number of aliphatic carboxylic acids is 1. The van der Waals surface area contributed by atoms with Crippen LogP contribution in [0.25, 0.3) is 0 Å². The minimum absolute atomic E-state index is 0.131. The summed E-state index contributed by atoms with van der Waals surface area (Å²) >= 11 is 0. The van der Waals surface area contributed by atoms with E-state index in [-0.39, 0.29) is 18.6 Å². The topological polar surface area (TPSA) is 74.7 Å². The minimum Gasteiger partial charge on any atom is -0.481 e. The summed E-state index contributed by atoms with van der Waals surface area (Å²) in [7, 11) is 0. The number of hydrogen-bond donors (Lipinski definition) is 1. The Morgan fingerprint density at radius 2 is 1.81 bits per heavy atom. The molecular weight excluding hydrogens is 351 g/mol. The highest BCUT2D eigenvalue weighted by atomic mass is 19.4. The number of benzene rings is 1. The summed E-state index contributed by atoms with van der Waals surface area (Å²) < 4.78 is 38.9. The monoisotopic (exact) mass is 371 g/mol. The van der Waals surface area contributed by atoms with Gasteiger partial charge in [-0.2, -0.15) is 13.2 Å². The van der Waals surface area contributed by atoms with E-state index in [0.29, 0.717) is 5.56 Å². The molecule has 1 N–H and O–H groups in total. The van der Waals surface area contributed by atoms with Gasteiger partial charge in [-0.3, -0.25) is 14.4 Å². The van der Waals surface area contributed by atoms with Gasteiger partial charge in [0, 0.05) is 31.5 Å². The fraction of sp³-hybridized carbons (Fsp3) is 0.500. The van der Waals surface area contributed by atoms with Crippen molar-refractivity contribution in [1.82, 2.24) is 4.90 Å². The molecule has 1 aliphatic rings. The predicted molar refractivity (Wildman–Crippen MR) is 86.7 cm³/mol. The van der Waals surface area contributed by atoms with Crippen LogP contribution >= 0.6 is 0 Å². The molecule has 1 saturated heterocycles.